The molecule has 4 nitrogen and oxygen atoms in total. The molecule has 49 heavy (non-hydrogen) atoms. The number of hydrogen-bond acceptors (Lipinski definition) is 3. The van der Waals surface area contributed by atoms with Crippen LogP contribution in [-0.4, -0.2) is 4.57 Å². The molecule has 226 valence electrons. The Bertz CT molecular complexity index is 2770. The zero-order valence-electron chi connectivity index (χ0n) is 26.6. The zero-order chi connectivity index (χ0) is 33.2. The van der Waals surface area contributed by atoms with E-state index in [1.807, 2.05) is 25.1 Å². The Morgan fingerprint density at radius 3 is 1.80 bits per heavy atom. The third-order valence-electron chi connectivity index (χ3n) is 10.2. The fraction of sp³-hybridized carbons (Fsp3) is 0.0444. The van der Waals surface area contributed by atoms with Crippen LogP contribution in [0.1, 0.15) is 44.9 Å². The van der Waals surface area contributed by atoms with Crippen molar-refractivity contribution in [2.75, 3.05) is 0 Å². The predicted octanol–water partition coefficient (Wildman–Crippen LogP) is 10.7. The first kappa shape index (κ1) is 28.3. The minimum Gasteiger partial charge on any atom is -0.309 e. The Morgan fingerprint density at radius 2 is 1.14 bits per heavy atom. The van der Waals surface area contributed by atoms with E-state index in [0.29, 0.717) is 22.3 Å². The largest absolute Gasteiger partial charge is 0.309 e. The van der Waals surface area contributed by atoms with Gasteiger partial charge in [0.1, 0.15) is 12.1 Å². The molecule has 9 rings (SSSR count). The third kappa shape index (κ3) is 4.01. The van der Waals surface area contributed by atoms with Gasteiger partial charge in [0, 0.05) is 27.8 Å². The molecule has 0 bridgehead atoms. The van der Waals surface area contributed by atoms with Gasteiger partial charge in [0.25, 0.3) is 0 Å². The van der Waals surface area contributed by atoms with Gasteiger partial charge in [-0.15, -0.1) is 0 Å². The normalized spacial score (nSPS) is 12.0. The molecule has 0 saturated carbocycles. The smallest absolute Gasteiger partial charge is 0.100 e. The van der Waals surface area contributed by atoms with E-state index in [1.54, 1.807) is 12.1 Å². The van der Waals surface area contributed by atoms with Crippen molar-refractivity contribution in [3.8, 4) is 46.1 Å². The quantitative estimate of drug-likeness (QED) is 0.197. The summed E-state index contributed by atoms with van der Waals surface area (Å²) in [7, 11) is 0. The first-order chi connectivity index (χ1) is 24.1. The van der Waals surface area contributed by atoms with E-state index < -0.39 is 0 Å². The molecule has 0 N–H and O–H groups in total. The molecule has 1 aliphatic rings. The lowest BCUT2D eigenvalue weighted by atomic mass is 9.79. The first-order valence-electron chi connectivity index (χ1n) is 16.2. The van der Waals surface area contributed by atoms with E-state index in [2.05, 4.69) is 126 Å². The molecule has 0 unspecified atom stereocenters. The van der Waals surface area contributed by atoms with Crippen molar-refractivity contribution in [2.24, 2.45) is 0 Å². The van der Waals surface area contributed by atoms with Crippen LogP contribution >= 0.6 is 0 Å². The summed E-state index contributed by atoms with van der Waals surface area (Å²) in [4.78, 5) is 0. The summed E-state index contributed by atoms with van der Waals surface area (Å²) in [6, 6.07) is 52.7. The van der Waals surface area contributed by atoms with E-state index >= 15 is 0 Å². The molecule has 0 saturated heterocycles. The fourth-order valence-corrected chi connectivity index (χ4v) is 8.07. The molecule has 7 aromatic carbocycles. The van der Waals surface area contributed by atoms with Crippen molar-refractivity contribution in [2.45, 2.75) is 12.8 Å². The second-order valence-electron chi connectivity index (χ2n) is 12.6. The average Bonchev–Trinajstić information content (AvgIpc) is 3.65. The lowest BCUT2D eigenvalue weighted by molar-refractivity contribution is 0.967. The fourth-order valence-electron chi connectivity index (χ4n) is 8.07. The predicted molar refractivity (Wildman–Crippen MR) is 195 cm³/mol. The minimum atomic E-state index is -0.266. The van der Waals surface area contributed by atoms with Crippen molar-refractivity contribution in [1.29, 1.82) is 15.8 Å². The van der Waals surface area contributed by atoms with E-state index in [0.717, 1.165) is 77.2 Å². The van der Waals surface area contributed by atoms with Crippen LogP contribution in [0.5, 0.6) is 0 Å². The molecule has 0 radical (unpaired) electrons. The van der Waals surface area contributed by atoms with E-state index in [9.17, 15) is 15.8 Å². The van der Waals surface area contributed by atoms with Gasteiger partial charge < -0.3 is 4.57 Å². The maximum Gasteiger partial charge on any atom is 0.100 e. The molecule has 1 aliphatic carbocycles. The van der Waals surface area contributed by atoms with Crippen molar-refractivity contribution >= 4 is 32.6 Å². The van der Waals surface area contributed by atoms with Gasteiger partial charge in [0.2, 0.25) is 0 Å². The van der Waals surface area contributed by atoms with Gasteiger partial charge in [-0.1, -0.05) is 103 Å². The second kappa shape index (κ2) is 10.8. The summed E-state index contributed by atoms with van der Waals surface area (Å²) in [6.07, 6.45) is 0. The number of hydrogen-bond donors (Lipinski definition) is 0. The summed E-state index contributed by atoms with van der Waals surface area (Å²) < 4.78 is 2.29. The van der Waals surface area contributed by atoms with Gasteiger partial charge in [0.15, 0.2) is 0 Å². The van der Waals surface area contributed by atoms with Crippen LogP contribution < -0.4 is 0 Å². The Balaban J connectivity index is 1.51. The number of nitrogens with zero attached hydrogens (tertiary/aromatic N) is 4. The summed E-state index contributed by atoms with van der Waals surface area (Å²) in [5.74, 6) is -0.266. The van der Waals surface area contributed by atoms with Crippen LogP contribution in [0, 0.1) is 40.9 Å². The average molecular weight is 623 g/mol. The molecule has 1 aromatic heterocycles. The number of para-hydroxylation sites is 1. The standard InChI is InChI=1S/C45H26N4/c1-27-38(25-47)42(29-20-18-28(24-46)19-21-29)39(26-48)44(43-35-15-6-4-12-32(35)33-13-5-7-16-36(33)43)45(27)49-40-17-9-8-14-34(40)37-22-30-10-2-3-11-31(30)23-41(37)49/h2-23,43H,1H3. The Morgan fingerprint density at radius 1 is 0.551 bits per heavy atom. The van der Waals surface area contributed by atoms with Gasteiger partial charge in [-0.3, -0.25) is 0 Å². The van der Waals surface area contributed by atoms with Crippen molar-refractivity contribution < 1.29 is 0 Å². The number of nitriles is 3. The first-order valence-corrected chi connectivity index (χ1v) is 16.2. The van der Waals surface area contributed by atoms with Gasteiger partial charge in [-0.05, 0) is 81.4 Å². The van der Waals surface area contributed by atoms with Crippen LogP contribution in [0.25, 0.3) is 60.5 Å². The lowest BCUT2D eigenvalue weighted by Crippen LogP contribution is -2.14. The molecule has 0 amide bonds. The van der Waals surface area contributed by atoms with Crippen LogP contribution in [0.3, 0.4) is 0 Å². The molecular formula is C45H26N4. The van der Waals surface area contributed by atoms with Gasteiger partial charge in [0.05, 0.1) is 39.5 Å². The van der Waals surface area contributed by atoms with Crippen LogP contribution in [-0.2, 0) is 0 Å². The van der Waals surface area contributed by atoms with E-state index in [-0.39, 0.29) is 5.92 Å². The highest BCUT2D eigenvalue weighted by molar-refractivity contribution is 6.14. The van der Waals surface area contributed by atoms with Crippen molar-refractivity contribution in [3.05, 3.63) is 172 Å². The molecule has 0 atom stereocenters. The van der Waals surface area contributed by atoms with E-state index in [4.69, 9.17) is 0 Å². The highest BCUT2D eigenvalue weighted by Gasteiger charge is 2.37. The molecule has 4 heteroatoms. The zero-order valence-corrected chi connectivity index (χ0v) is 26.6. The van der Waals surface area contributed by atoms with Crippen LogP contribution in [0.15, 0.2) is 133 Å². The highest BCUT2D eigenvalue weighted by Crippen LogP contribution is 2.53. The highest BCUT2D eigenvalue weighted by atomic mass is 15.0. The molecule has 0 spiro atoms. The van der Waals surface area contributed by atoms with Gasteiger partial charge in [-0.2, -0.15) is 15.8 Å². The van der Waals surface area contributed by atoms with Gasteiger partial charge >= 0.3 is 0 Å². The number of rotatable bonds is 3. The molecular weight excluding hydrogens is 597 g/mol. The third-order valence-corrected chi connectivity index (χ3v) is 10.2. The number of fused-ring (bicyclic) bond motifs is 7. The monoisotopic (exact) mass is 622 g/mol. The SMILES string of the molecule is Cc1c(C#N)c(-c2ccc(C#N)cc2)c(C#N)c(C2c3ccccc3-c3ccccc32)c1-n1c2ccccc2c2cc3ccccc3cc21. The Labute approximate surface area is 283 Å². The number of aromatic nitrogens is 1. The second-order valence-corrected chi connectivity index (χ2v) is 12.6. The van der Waals surface area contributed by atoms with Crippen LogP contribution in [0.4, 0.5) is 0 Å². The summed E-state index contributed by atoms with van der Waals surface area (Å²) >= 11 is 0. The van der Waals surface area contributed by atoms with Crippen LogP contribution in [0.2, 0.25) is 0 Å². The lowest BCUT2D eigenvalue weighted by Gasteiger charge is -2.27. The summed E-state index contributed by atoms with van der Waals surface area (Å²) in [6.45, 7) is 2.01. The number of benzene rings is 7. The topological polar surface area (TPSA) is 76.3 Å². The van der Waals surface area contributed by atoms with E-state index in [1.165, 1.54) is 0 Å². The van der Waals surface area contributed by atoms with Crippen molar-refractivity contribution in [3.63, 3.8) is 0 Å². The van der Waals surface area contributed by atoms with Gasteiger partial charge in [-0.25, -0.2) is 0 Å². The maximum atomic E-state index is 11.3. The summed E-state index contributed by atoms with van der Waals surface area (Å²) in [5.41, 5.74) is 11.9. The maximum absolute atomic E-state index is 11.3. The Hall–Kier alpha value is -6.93. The molecule has 0 fully saturated rings. The molecule has 1 heterocycles. The minimum absolute atomic E-state index is 0.266. The molecule has 8 aromatic rings. The summed E-state index contributed by atoms with van der Waals surface area (Å²) in [5, 5.41) is 36.2. The van der Waals surface area contributed by atoms with Crippen molar-refractivity contribution in [1.82, 2.24) is 4.57 Å². The Kier molecular flexibility index (Phi) is 6.25. The molecule has 0 aliphatic heterocycles.